The van der Waals surface area contributed by atoms with Crippen LogP contribution in [0, 0.1) is 0 Å². The van der Waals surface area contributed by atoms with Gasteiger partial charge in [-0.1, -0.05) is 0 Å². The predicted molar refractivity (Wildman–Crippen MR) is 55.8 cm³/mol. The molecule has 0 aliphatic rings. The first-order chi connectivity index (χ1) is 6.86. The summed E-state index contributed by atoms with van der Waals surface area (Å²) < 4.78 is 4.03. The first-order valence-electron chi connectivity index (χ1n) is 4.78. The standard InChI is InChI=1S/2C5H8N2.Ru/c2*1-2-7-4-3-6-5-7;/h2*3-5H,2H2,1H3;/q;;+3. The summed E-state index contributed by atoms with van der Waals surface area (Å²) in [5, 5.41) is 0. The Kier molecular flexibility index (Phi) is 7.83. The van der Waals surface area contributed by atoms with Gasteiger partial charge in [-0.2, -0.15) is 0 Å². The van der Waals surface area contributed by atoms with E-state index in [9.17, 15) is 0 Å². The third kappa shape index (κ3) is 5.48. The third-order valence-corrected chi connectivity index (χ3v) is 1.85. The molecular weight excluding hydrogens is 277 g/mol. The molecule has 5 heteroatoms. The van der Waals surface area contributed by atoms with E-state index in [1.165, 1.54) is 0 Å². The van der Waals surface area contributed by atoms with E-state index < -0.39 is 0 Å². The Morgan fingerprint density at radius 3 is 1.40 bits per heavy atom. The topological polar surface area (TPSA) is 35.6 Å². The van der Waals surface area contributed by atoms with Crippen LogP contribution in [0.25, 0.3) is 0 Å². The van der Waals surface area contributed by atoms with Crippen LogP contribution in [0.4, 0.5) is 0 Å². The molecule has 0 saturated heterocycles. The Bertz CT molecular complexity index is 281. The zero-order valence-corrected chi connectivity index (χ0v) is 10.8. The molecule has 0 aliphatic heterocycles. The van der Waals surface area contributed by atoms with E-state index >= 15 is 0 Å². The predicted octanol–water partition coefficient (Wildman–Crippen LogP) is 1.80. The van der Waals surface area contributed by atoms with Gasteiger partial charge in [0.2, 0.25) is 0 Å². The van der Waals surface area contributed by atoms with Crippen molar-refractivity contribution >= 4 is 0 Å². The molecule has 0 bridgehead atoms. The Morgan fingerprint density at radius 1 is 0.867 bits per heavy atom. The summed E-state index contributed by atoms with van der Waals surface area (Å²) in [6.45, 7) is 6.20. The largest absolute Gasteiger partial charge is 3.00 e. The van der Waals surface area contributed by atoms with Gasteiger partial charge in [-0.15, -0.1) is 0 Å². The number of nitrogens with zero attached hydrogens (tertiary/aromatic N) is 4. The quantitative estimate of drug-likeness (QED) is 0.792. The first-order valence-corrected chi connectivity index (χ1v) is 4.78. The Hall–Kier alpha value is -0.957. The van der Waals surface area contributed by atoms with Crippen LogP contribution < -0.4 is 0 Å². The van der Waals surface area contributed by atoms with Crippen molar-refractivity contribution in [2.45, 2.75) is 26.9 Å². The van der Waals surface area contributed by atoms with Crippen molar-refractivity contribution in [3.8, 4) is 0 Å². The minimum Gasteiger partial charge on any atom is -0.338 e. The molecule has 4 nitrogen and oxygen atoms in total. The fraction of sp³-hybridized carbons (Fsp3) is 0.400. The molecule has 0 aromatic carbocycles. The van der Waals surface area contributed by atoms with Crippen LogP contribution in [-0.4, -0.2) is 19.1 Å². The van der Waals surface area contributed by atoms with Gasteiger partial charge in [0.25, 0.3) is 0 Å². The number of hydrogen-bond donors (Lipinski definition) is 0. The van der Waals surface area contributed by atoms with E-state index in [1.807, 2.05) is 21.5 Å². The minimum absolute atomic E-state index is 0. The van der Waals surface area contributed by atoms with Crippen LogP contribution >= 0.6 is 0 Å². The average molecular weight is 293 g/mol. The number of hydrogen-bond acceptors (Lipinski definition) is 2. The molecule has 0 fully saturated rings. The normalized spacial score (nSPS) is 8.67. The van der Waals surface area contributed by atoms with Crippen molar-refractivity contribution in [3.63, 3.8) is 0 Å². The van der Waals surface area contributed by atoms with Crippen LogP contribution in [0.5, 0.6) is 0 Å². The summed E-state index contributed by atoms with van der Waals surface area (Å²) in [4.78, 5) is 7.71. The van der Waals surface area contributed by atoms with Crippen molar-refractivity contribution in [2.75, 3.05) is 0 Å². The monoisotopic (exact) mass is 294 g/mol. The van der Waals surface area contributed by atoms with Crippen LogP contribution in [0.15, 0.2) is 37.4 Å². The zero-order valence-electron chi connectivity index (χ0n) is 9.02. The summed E-state index contributed by atoms with van der Waals surface area (Å²) in [6.07, 6.45) is 11.1. The molecule has 1 radical (unpaired) electrons. The molecule has 0 aliphatic carbocycles. The molecule has 2 heterocycles. The summed E-state index contributed by atoms with van der Waals surface area (Å²) in [5.74, 6) is 0. The molecular formula is C10H16N4Ru+3. The van der Waals surface area contributed by atoms with E-state index in [4.69, 9.17) is 0 Å². The van der Waals surface area contributed by atoms with E-state index in [2.05, 4.69) is 23.8 Å². The SMILES string of the molecule is CCn1ccnc1.CCn1ccnc1.[Ru+3]. The van der Waals surface area contributed by atoms with Gasteiger partial charge in [0.15, 0.2) is 0 Å². The average Bonchev–Trinajstić information content (AvgIpc) is 2.92. The second-order valence-electron chi connectivity index (χ2n) is 2.79. The molecule has 2 aromatic heterocycles. The molecule has 2 aromatic rings. The van der Waals surface area contributed by atoms with Crippen LogP contribution in [0.3, 0.4) is 0 Å². The van der Waals surface area contributed by atoms with Crippen LogP contribution in [0.1, 0.15) is 13.8 Å². The van der Waals surface area contributed by atoms with Crippen molar-refractivity contribution in [2.24, 2.45) is 0 Å². The minimum atomic E-state index is 0. The van der Waals surface area contributed by atoms with E-state index in [-0.39, 0.29) is 19.5 Å². The van der Waals surface area contributed by atoms with E-state index in [0.29, 0.717) is 0 Å². The van der Waals surface area contributed by atoms with E-state index in [1.54, 1.807) is 25.0 Å². The smallest absolute Gasteiger partial charge is 0.338 e. The van der Waals surface area contributed by atoms with Crippen molar-refractivity contribution in [3.05, 3.63) is 37.4 Å². The molecule has 0 spiro atoms. The second kappa shape index (κ2) is 8.36. The van der Waals surface area contributed by atoms with Gasteiger partial charge in [0, 0.05) is 37.9 Å². The number of rotatable bonds is 2. The number of imidazole rings is 2. The maximum Gasteiger partial charge on any atom is 3.00 e. The van der Waals surface area contributed by atoms with Gasteiger partial charge in [0.05, 0.1) is 12.7 Å². The van der Waals surface area contributed by atoms with Crippen LogP contribution in [-0.2, 0) is 32.6 Å². The number of aryl methyl sites for hydroxylation is 2. The summed E-state index contributed by atoms with van der Waals surface area (Å²) in [5.41, 5.74) is 0. The first kappa shape index (κ1) is 14.0. The molecule has 0 saturated carbocycles. The molecule has 0 atom stereocenters. The summed E-state index contributed by atoms with van der Waals surface area (Å²) >= 11 is 0. The fourth-order valence-corrected chi connectivity index (χ4v) is 0.948. The Labute approximate surface area is 103 Å². The Morgan fingerprint density at radius 2 is 1.27 bits per heavy atom. The summed E-state index contributed by atoms with van der Waals surface area (Å²) in [7, 11) is 0. The molecule has 15 heavy (non-hydrogen) atoms. The third-order valence-electron chi connectivity index (χ3n) is 1.85. The number of aromatic nitrogens is 4. The van der Waals surface area contributed by atoms with E-state index in [0.717, 1.165) is 13.1 Å². The fourth-order valence-electron chi connectivity index (χ4n) is 0.948. The molecule has 2 rings (SSSR count). The Balaban J connectivity index is 0.000000245. The molecule has 81 valence electrons. The van der Waals surface area contributed by atoms with Crippen LogP contribution in [0.2, 0.25) is 0 Å². The second-order valence-corrected chi connectivity index (χ2v) is 2.79. The van der Waals surface area contributed by atoms with Gasteiger partial charge < -0.3 is 9.13 Å². The molecule has 0 N–H and O–H groups in total. The van der Waals surface area contributed by atoms with Gasteiger partial charge >= 0.3 is 19.5 Å². The maximum atomic E-state index is 3.86. The van der Waals surface area contributed by atoms with Gasteiger partial charge in [-0.25, -0.2) is 9.97 Å². The molecule has 0 amide bonds. The van der Waals surface area contributed by atoms with Crippen molar-refractivity contribution in [1.29, 1.82) is 0 Å². The van der Waals surface area contributed by atoms with Crippen molar-refractivity contribution in [1.82, 2.24) is 19.1 Å². The zero-order chi connectivity index (χ0) is 10.2. The van der Waals surface area contributed by atoms with Gasteiger partial charge in [-0.3, -0.25) is 0 Å². The maximum absolute atomic E-state index is 3.86. The van der Waals surface area contributed by atoms with Gasteiger partial charge in [0.1, 0.15) is 0 Å². The molecule has 0 unspecified atom stereocenters. The van der Waals surface area contributed by atoms with Gasteiger partial charge in [-0.05, 0) is 13.8 Å². The summed E-state index contributed by atoms with van der Waals surface area (Å²) in [6, 6.07) is 0. The van der Waals surface area contributed by atoms with Crippen molar-refractivity contribution < 1.29 is 19.5 Å².